The van der Waals surface area contributed by atoms with Crippen molar-refractivity contribution >= 4 is 47.2 Å². The molecule has 0 saturated heterocycles. The molecule has 354 valence electrons. The molecule has 0 aromatic heterocycles. The zero-order valence-corrected chi connectivity index (χ0v) is 44.1. The standard InChI is InChI=1S/C62H67NO4P2/c1-37(2)45-33-51(39(5)6)57(52(34-45)40(7)8)55-31-43-23-19-21-29-49(43)59-60-50-30-22-20-24-44(50)32-56(58-53(41(9)10)35-46(38(3)4)36-54(58)42(11)12)62(60)67-69(65,66-61(55)59)63-68(64,47-25-15-13-16-26-47)48-27-17-14-18-28-48/h13-42H,1-12H3,(H,63,64,65). The van der Waals surface area contributed by atoms with E-state index in [2.05, 4.69) is 173 Å². The summed E-state index contributed by atoms with van der Waals surface area (Å²) < 4.78 is 48.1. The van der Waals surface area contributed by atoms with Crippen molar-refractivity contribution in [3.05, 3.63) is 179 Å². The van der Waals surface area contributed by atoms with Gasteiger partial charge >= 0.3 is 7.75 Å². The summed E-state index contributed by atoms with van der Waals surface area (Å²) in [5, 5.41) is 4.88. The molecule has 0 aliphatic carbocycles. The highest BCUT2D eigenvalue weighted by atomic mass is 31.2. The molecular weight excluding hydrogens is 885 g/mol. The van der Waals surface area contributed by atoms with Crippen molar-refractivity contribution in [1.82, 2.24) is 4.86 Å². The van der Waals surface area contributed by atoms with Crippen LogP contribution in [0.5, 0.6) is 11.5 Å². The Labute approximate surface area is 410 Å². The van der Waals surface area contributed by atoms with Crippen LogP contribution in [0.4, 0.5) is 0 Å². The van der Waals surface area contributed by atoms with E-state index >= 15 is 9.13 Å². The largest absolute Gasteiger partial charge is 0.519 e. The molecule has 9 rings (SSSR count). The second-order valence-electron chi connectivity index (χ2n) is 20.8. The molecule has 0 amide bonds. The zero-order valence-electron chi connectivity index (χ0n) is 42.3. The zero-order chi connectivity index (χ0) is 49.1. The molecule has 5 nitrogen and oxygen atoms in total. The Hall–Kier alpha value is -5.70. The second-order valence-corrected chi connectivity index (χ2v) is 25.2. The van der Waals surface area contributed by atoms with Gasteiger partial charge in [0.25, 0.3) is 0 Å². The van der Waals surface area contributed by atoms with Crippen molar-refractivity contribution in [1.29, 1.82) is 0 Å². The minimum atomic E-state index is -4.74. The van der Waals surface area contributed by atoms with Crippen molar-refractivity contribution in [2.45, 2.75) is 119 Å². The highest BCUT2D eigenvalue weighted by Crippen LogP contribution is 2.65. The number of fused-ring (bicyclic) bond motifs is 7. The molecule has 1 N–H and O–H groups in total. The minimum absolute atomic E-state index is 0.138. The molecule has 8 aromatic rings. The summed E-state index contributed by atoms with van der Waals surface area (Å²) >= 11 is 0. The van der Waals surface area contributed by atoms with Gasteiger partial charge < -0.3 is 9.05 Å². The summed E-state index contributed by atoms with van der Waals surface area (Å²) in [7, 11) is -8.71. The van der Waals surface area contributed by atoms with Gasteiger partial charge in [-0.3, -0.25) is 4.57 Å². The van der Waals surface area contributed by atoms with Crippen LogP contribution in [0.1, 0.15) is 152 Å². The first-order chi connectivity index (χ1) is 32.9. The lowest BCUT2D eigenvalue weighted by Crippen LogP contribution is -2.28. The quantitative estimate of drug-likeness (QED) is 0.124. The smallest absolute Gasteiger partial charge is 0.403 e. The molecule has 69 heavy (non-hydrogen) atoms. The lowest BCUT2D eigenvalue weighted by atomic mass is 9.78. The Kier molecular flexibility index (Phi) is 13.2. The van der Waals surface area contributed by atoms with Gasteiger partial charge in [0.2, 0.25) is 7.29 Å². The molecule has 0 fully saturated rings. The van der Waals surface area contributed by atoms with Crippen LogP contribution in [0.3, 0.4) is 0 Å². The van der Waals surface area contributed by atoms with Crippen LogP contribution in [-0.2, 0) is 9.13 Å². The van der Waals surface area contributed by atoms with E-state index in [9.17, 15) is 0 Å². The lowest BCUT2D eigenvalue weighted by Gasteiger charge is -2.29. The summed E-state index contributed by atoms with van der Waals surface area (Å²) in [5.41, 5.74) is 12.6. The monoisotopic (exact) mass is 951 g/mol. The molecule has 7 heteroatoms. The van der Waals surface area contributed by atoms with Crippen LogP contribution in [0.2, 0.25) is 0 Å². The number of benzene rings is 8. The van der Waals surface area contributed by atoms with E-state index in [4.69, 9.17) is 9.05 Å². The molecule has 0 spiro atoms. The number of hydrogen-bond acceptors (Lipinski definition) is 4. The molecular formula is C62H67NO4P2. The van der Waals surface area contributed by atoms with E-state index in [1.54, 1.807) is 0 Å². The van der Waals surface area contributed by atoms with E-state index in [-0.39, 0.29) is 23.7 Å². The molecule has 0 atom stereocenters. The highest BCUT2D eigenvalue weighted by molar-refractivity contribution is 7.83. The fraction of sp³-hybridized carbons (Fsp3) is 0.290. The van der Waals surface area contributed by atoms with E-state index in [0.29, 0.717) is 33.9 Å². The molecule has 0 unspecified atom stereocenters. The first-order valence-electron chi connectivity index (χ1n) is 24.9. The van der Waals surface area contributed by atoms with Gasteiger partial charge in [0.15, 0.2) is 0 Å². The van der Waals surface area contributed by atoms with Crippen LogP contribution in [0, 0.1) is 0 Å². The van der Waals surface area contributed by atoms with Gasteiger partial charge in [-0.15, -0.1) is 4.86 Å². The van der Waals surface area contributed by atoms with Crippen LogP contribution >= 0.6 is 15.0 Å². The van der Waals surface area contributed by atoms with Crippen molar-refractivity contribution in [2.24, 2.45) is 0 Å². The lowest BCUT2D eigenvalue weighted by molar-refractivity contribution is 0.387. The molecule has 1 aliphatic heterocycles. The number of nitrogens with one attached hydrogen (secondary N) is 1. The predicted molar refractivity (Wildman–Crippen MR) is 294 cm³/mol. The normalized spacial score (nSPS) is 13.7. The van der Waals surface area contributed by atoms with E-state index in [1.807, 2.05) is 60.7 Å². The van der Waals surface area contributed by atoms with Gasteiger partial charge in [-0.2, -0.15) is 0 Å². The predicted octanol–water partition coefficient (Wildman–Crippen LogP) is 18.1. The van der Waals surface area contributed by atoms with E-state index in [0.717, 1.165) is 54.9 Å². The minimum Gasteiger partial charge on any atom is -0.403 e. The SMILES string of the molecule is CC(C)c1cc(C(C)C)c(-c2cc3ccccc3c3c2OP(=O)(NP(=O)(c2ccccc2)c2ccccc2)Oc2c(-c4c(C(C)C)cc(C(C)C)cc4C(C)C)cc4ccccc4c2-3)c(C(C)C)c1. The fourth-order valence-electron chi connectivity index (χ4n) is 10.3. The Morgan fingerprint density at radius 3 is 1.04 bits per heavy atom. The molecule has 8 aromatic carbocycles. The highest BCUT2D eigenvalue weighted by Gasteiger charge is 2.46. The maximum atomic E-state index is 17.0. The summed E-state index contributed by atoms with van der Waals surface area (Å²) in [6.07, 6.45) is 0. The Morgan fingerprint density at radius 1 is 0.406 bits per heavy atom. The molecule has 1 aliphatic rings. The maximum absolute atomic E-state index is 17.0. The third-order valence-electron chi connectivity index (χ3n) is 14.0. The van der Waals surface area contributed by atoms with Gasteiger partial charge in [0.05, 0.1) is 0 Å². The molecule has 0 saturated carbocycles. The van der Waals surface area contributed by atoms with Crippen molar-refractivity contribution in [3.63, 3.8) is 0 Å². The van der Waals surface area contributed by atoms with Crippen molar-refractivity contribution in [2.75, 3.05) is 0 Å². The van der Waals surface area contributed by atoms with Gasteiger partial charge in [-0.05, 0) is 138 Å². The number of rotatable bonds is 12. The Morgan fingerprint density at radius 2 is 0.725 bits per heavy atom. The second kappa shape index (κ2) is 18.9. The van der Waals surface area contributed by atoms with Gasteiger partial charge in [-0.1, -0.05) is 192 Å². The van der Waals surface area contributed by atoms with E-state index in [1.165, 1.54) is 33.4 Å². The molecule has 1 heterocycles. The van der Waals surface area contributed by atoms with Crippen LogP contribution in [0.25, 0.3) is 54.9 Å². The van der Waals surface area contributed by atoms with Crippen molar-refractivity contribution < 1.29 is 18.2 Å². The van der Waals surface area contributed by atoms with Crippen LogP contribution in [-0.4, -0.2) is 0 Å². The summed E-state index contributed by atoms with van der Waals surface area (Å²) in [4.78, 5) is 3.28. The first-order valence-corrected chi connectivity index (χ1v) is 28.1. The van der Waals surface area contributed by atoms with Gasteiger partial charge in [0.1, 0.15) is 11.5 Å². The van der Waals surface area contributed by atoms with Crippen molar-refractivity contribution in [3.8, 4) is 44.9 Å². The topological polar surface area (TPSA) is 64.6 Å². The third-order valence-corrected chi connectivity index (χ3v) is 19.0. The Bertz CT molecular complexity index is 3060. The summed E-state index contributed by atoms with van der Waals surface area (Å²) in [5.74, 6) is 2.03. The third kappa shape index (κ3) is 8.82. The average Bonchev–Trinajstić information content (AvgIpc) is 3.47. The van der Waals surface area contributed by atoms with Crippen LogP contribution < -0.4 is 24.5 Å². The van der Waals surface area contributed by atoms with E-state index < -0.39 is 15.0 Å². The maximum Gasteiger partial charge on any atom is 0.519 e. The summed E-state index contributed by atoms with van der Waals surface area (Å²) in [6, 6.07) is 49.3. The number of hydrogen-bond donors (Lipinski definition) is 1. The first kappa shape index (κ1) is 48.3. The summed E-state index contributed by atoms with van der Waals surface area (Å²) in [6.45, 7) is 27.0. The van der Waals surface area contributed by atoms with Gasteiger partial charge in [0, 0.05) is 32.9 Å². The fourth-order valence-corrected chi connectivity index (χ4v) is 15.3. The van der Waals surface area contributed by atoms with Crippen LogP contribution in [0.15, 0.2) is 146 Å². The molecule has 0 radical (unpaired) electrons. The van der Waals surface area contributed by atoms with Gasteiger partial charge in [-0.25, -0.2) is 4.57 Å². The average molecular weight is 952 g/mol. The Balaban J connectivity index is 1.51. The molecule has 0 bridgehead atoms.